The van der Waals surface area contributed by atoms with Crippen molar-refractivity contribution in [3.05, 3.63) is 99.9 Å². The smallest absolute Gasteiger partial charge is 0.253 e. The number of piperidine rings is 2. The molecule has 7 heteroatoms. The number of carbonyl (C=O) groups is 2. The molecule has 2 heterocycles. The van der Waals surface area contributed by atoms with Gasteiger partial charge in [-0.2, -0.15) is 0 Å². The van der Waals surface area contributed by atoms with E-state index in [1.165, 1.54) is 6.07 Å². The predicted octanol–water partition coefficient (Wildman–Crippen LogP) is 5.54. The van der Waals surface area contributed by atoms with E-state index in [0.717, 1.165) is 85.4 Å². The summed E-state index contributed by atoms with van der Waals surface area (Å²) >= 11 is 0. The molecule has 0 atom stereocenters. The van der Waals surface area contributed by atoms with Crippen LogP contribution in [-0.4, -0.2) is 67.0 Å². The molecule has 2 aliphatic rings. The maximum absolute atomic E-state index is 13.5. The molecule has 41 heavy (non-hydrogen) atoms. The summed E-state index contributed by atoms with van der Waals surface area (Å²) in [6.45, 7) is 7.39. The molecule has 6 nitrogen and oxygen atoms in total. The van der Waals surface area contributed by atoms with Gasteiger partial charge in [0.25, 0.3) is 11.8 Å². The third-order valence-corrected chi connectivity index (χ3v) is 8.56. The van der Waals surface area contributed by atoms with Crippen molar-refractivity contribution in [3.63, 3.8) is 0 Å². The maximum Gasteiger partial charge on any atom is 0.253 e. The van der Waals surface area contributed by atoms with Crippen LogP contribution in [0.25, 0.3) is 0 Å². The van der Waals surface area contributed by atoms with Crippen molar-refractivity contribution in [2.24, 2.45) is 0 Å². The standard InChI is InChI=1S/C34H40FN3O3/c1-23-19-28(20-24(2)32(23)41-3)34(40)38-17-13-31(14-18-38)37-15-11-30(12-16-37)36-33(39)27-9-7-25(8-10-27)21-26-5-4-6-29(35)22-26/h4-10,19-20,22,30-31H,11-18,21H2,1-3H3,(H,36,39). The lowest BCUT2D eigenvalue weighted by molar-refractivity contribution is 0.0566. The summed E-state index contributed by atoms with van der Waals surface area (Å²) < 4.78 is 18.9. The number of nitrogens with zero attached hydrogens (tertiary/aromatic N) is 2. The van der Waals surface area contributed by atoms with Crippen LogP contribution in [0.1, 0.15) is 68.7 Å². The monoisotopic (exact) mass is 557 g/mol. The number of likely N-dealkylation sites (tertiary alicyclic amines) is 2. The Hall–Kier alpha value is -3.71. The van der Waals surface area contributed by atoms with Crippen LogP contribution in [0.2, 0.25) is 0 Å². The second-order valence-electron chi connectivity index (χ2n) is 11.5. The molecule has 2 amide bonds. The van der Waals surface area contributed by atoms with E-state index in [9.17, 15) is 14.0 Å². The van der Waals surface area contributed by atoms with E-state index in [2.05, 4.69) is 10.2 Å². The Labute approximate surface area is 242 Å². The number of hydrogen-bond donors (Lipinski definition) is 1. The van der Waals surface area contributed by atoms with Gasteiger partial charge in [-0.3, -0.25) is 9.59 Å². The van der Waals surface area contributed by atoms with Gasteiger partial charge in [-0.1, -0.05) is 24.3 Å². The molecule has 0 aliphatic carbocycles. The third-order valence-electron chi connectivity index (χ3n) is 8.56. The normalized spacial score (nSPS) is 16.9. The van der Waals surface area contributed by atoms with Crippen molar-refractivity contribution in [2.45, 2.75) is 58.0 Å². The maximum atomic E-state index is 13.5. The third kappa shape index (κ3) is 6.96. The summed E-state index contributed by atoms with van der Waals surface area (Å²) in [5.74, 6) is 0.660. The van der Waals surface area contributed by atoms with Crippen molar-refractivity contribution >= 4 is 11.8 Å². The Balaban J connectivity index is 1.06. The van der Waals surface area contributed by atoms with Crippen molar-refractivity contribution < 1.29 is 18.7 Å². The minimum absolute atomic E-state index is 0.0448. The van der Waals surface area contributed by atoms with Crippen LogP contribution in [0, 0.1) is 19.7 Å². The van der Waals surface area contributed by atoms with Crippen LogP contribution < -0.4 is 10.1 Å². The topological polar surface area (TPSA) is 61.9 Å². The molecule has 1 N–H and O–H groups in total. The Kier molecular flexibility index (Phi) is 9.03. The van der Waals surface area contributed by atoms with Crippen molar-refractivity contribution in [1.82, 2.24) is 15.1 Å². The van der Waals surface area contributed by atoms with Crippen molar-refractivity contribution in [2.75, 3.05) is 33.3 Å². The number of ether oxygens (including phenoxy) is 1. The molecule has 5 rings (SSSR count). The van der Waals surface area contributed by atoms with E-state index in [1.807, 2.05) is 61.2 Å². The molecule has 0 saturated carbocycles. The lowest BCUT2D eigenvalue weighted by atomic mass is 9.96. The Morgan fingerprint density at radius 2 is 1.51 bits per heavy atom. The van der Waals surface area contributed by atoms with E-state index < -0.39 is 0 Å². The molecule has 2 aliphatic heterocycles. The minimum Gasteiger partial charge on any atom is -0.496 e. The summed E-state index contributed by atoms with van der Waals surface area (Å²) in [4.78, 5) is 30.6. The average Bonchev–Trinajstić information content (AvgIpc) is 2.97. The van der Waals surface area contributed by atoms with Crippen LogP contribution in [0.5, 0.6) is 5.75 Å². The molecule has 3 aromatic rings. The second kappa shape index (κ2) is 12.9. The van der Waals surface area contributed by atoms with Gasteiger partial charge in [0.1, 0.15) is 11.6 Å². The number of halogens is 1. The molecule has 216 valence electrons. The van der Waals surface area contributed by atoms with Gasteiger partial charge < -0.3 is 19.9 Å². The highest BCUT2D eigenvalue weighted by Gasteiger charge is 2.30. The fraction of sp³-hybridized carbons (Fsp3) is 0.412. The molecule has 2 fully saturated rings. The van der Waals surface area contributed by atoms with Crippen LogP contribution in [0.3, 0.4) is 0 Å². The van der Waals surface area contributed by atoms with Gasteiger partial charge in [0, 0.05) is 49.4 Å². The molecular formula is C34H40FN3O3. The zero-order chi connectivity index (χ0) is 28.9. The Morgan fingerprint density at radius 3 is 2.12 bits per heavy atom. The first-order chi connectivity index (χ1) is 19.8. The van der Waals surface area contributed by atoms with Gasteiger partial charge >= 0.3 is 0 Å². The minimum atomic E-state index is -0.236. The summed E-state index contributed by atoms with van der Waals surface area (Å²) in [5.41, 5.74) is 5.31. The highest BCUT2D eigenvalue weighted by atomic mass is 19.1. The lowest BCUT2D eigenvalue weighted by Gasteiger charge is -2.42. The van der Waals surface area contributed by atoms with Gasteiger partial charge in [-0.25, -0.2) is 4.39 Å². The summed E-state index contributed by atoms with van der Waals surface area (Å²) in [7, 11) is 1.66. The predicted molar refractivity (Wildman–Crippen MR) is 159 cm³/mol. The van der Waals surface area contributed by atoms with Gasteiger partial charge in [0.2, 0.25) is 0 Å². The van der Waals surface area contributed by atoms with Crippen molar-refractivity contribution in [3.8, 4) is 5.75 Å². The first kappa shape index (κ1) is 28.8. The molecule has 3 aromatic carbocycles. The molecule has 0 aromatic heterocycles. The Morgan fingerprint density at radius 1 is 0.854 bits per heavy atom. The quantitative estimate of drug-likeness (QED) is 0.414. The molecule has 2 saturated heterocycles. The first-order valence-corrected chi connectivity index (χ1v) is 14.6. The molecule has 0 unspecified atom stereocenters. The number of amides is 2. The lowest BCUT2D eigenvalue weighted by Crippen LogP contribution is -2.51. The number of aryl methyl sites for hydroxylation is 2. The van der Waals surface area contributed by atoms with E-state index in [1.54, 1.807) is 19.2 Å². The van der Waals surface area contributed by atoms with Crippen molar-refractivity contribution in [1.29, 1.82) is 0 Å². The van der Waals surface area contributed by atoms with Gasteiger partial charge in [-0.15, -0.1) is 0 Å². The molecule has 0 spiro atoms. The van der Waals surface area contributed by atoms with Crippen LogP contribution in [0.15, 0.2) is 60.7 Å². The summed E-state index contributed by atoms with van der Waals surface area (Å²) in [5, 5.41) is 3.22. The number of nitrogens with one attached hydrogen (secondary N) is 1. The number of carbonyl (C=O) groups excluding carboxylic acids is 2. The highest BCUT2D eigenvalue weighted by molar-refractivity contribution is 5.95. The van der Waals surface area contributed by atoms with Crippen LogP contribution in [-0.2, 0) is 6.42 Å². The fourth-order valence-electron chi connectivity index (χ4n) is 6.35. The zero-order valence-corrected chi connectivity index (χ0v) is 24.3. The van der Waals surface area contributed by atoms with E-state index in [0.29, 0.717) is 18.0 Å². The van der Waals surface area contributed by atoms with Crippen LogP contribution in [0.4, 0.5) is 4.39 Å². The number of hydrogen-bond acceptors (Lipinski definition) is 4. The van der Waals surface area contributed by atoms with Gasteiger partial charge in [0.15, 0.2) is 0 Å². The number of benzene rings is 3. The van der Waals surface area contributed by atoms with Gasteiger partial charge in [0.05, 0.1) is 7.11 Å². The van der Waals surface area contributed by atoms with E-state index in [-0.39, 0.29) is 23.7 Å². The Bertz CT molecular complexity index is 1350. The summed E-state index contributed by atoms with van der Waals surface area (Å²) in [6, 6.07) is 18.7. The van der Waals surface area contributed by atoms with Crippen LogP contribution >= 0.6 is 0 Å². The van der Waals surface area contributed by atoms with E-state index >= 15 is 0 Å². The highest BCUT2D eigenvalue weighted by Crippen LogP contribution is 2.27. The largest absolute Gasteiger partial charge is 0.496 e. The summed E-state index contributed by atoms with van der Waals surface area (Å²) in [6.07, 6.45) is 4.42. The molecule has 0 radical (unpaired) electrons. The van der Waals surface area contributed by atoms with Gasteiger partial charge in [-0.05, 0) is 105 Å². The SMILES string of the molecule is COc1c(C)cc(C(=O)N2CCC(N3CCC(NC(=O)c4ccc(Cc5cccc(F)c5)cc4)CC3)CC2)cc1C. The average molecular weight is 558 g/mol. The number of methoxy groups -OCH3 is 1. The number of rotatable bonds is 7. The zero-order valence-electron chi connectivity index (χ0n) is 24.3. The molecule has 0 bridgehead atoms. The fourth-order valence-corrected chi connectivity index (χ4v) is 6.35. The molecular weight excluding hydrogens is 517 g/mol. The second-order valence-corrected chi connectivity index (χ2v) is 11.5. The first-order valence-electron chi connectivity index (χ1n) is 14.6. The van der Waals surface area contributed by atoms with E-state index in [4.69, 9.17) is 4.74 Å².